The zero-order valence-electron chi connectivity index (χ0n) is 9.74. The molecule has 6 heteroatoms. The number of aryl methyl sites for hydroxylation is 1. The van der Waals surface area contributed by atoms with Crippen LogP contribution in [0.1, 0.15) is 0 Å². The topological polar surface area (TPSA) is 69.6 Å². The lowest BCUT2D eigenvalue weighted by Crippen LogP contribution is -1.94. The standard InChI is InChI=1S/C12H11N5S/c1-17-12(15-7-16-17)18-10-5-6-14-11-8(10)3-2-4-9(11)13/h2-7H,13H2,1H3. The van der Waals surface area contributed by atoms with E-state index in [2.05, 4.69) is 15.1 Å². The zero-order valence-corrected chi connectivity index (χ0v) is 10.6. The summed E-state index contributed by atoms with van der Waals surface area (Å²) in [4.78, 5) is 9.59. The van der Waals surface area contributed by atoms with Crippen molar-refractivity contribution in [1.29, 1.82) is 0 Å². The number of nitrogens with zero attached hydrogens (tertiary/aromatic N) is 4. The first-order valence-electron chi connectivity index (χ1n) is 5.41. The molecule has 5 nitrogen and oxygen atoms in total. The molecule has 0 atom stereocenters. The molecule has 18 heavy (non-hydrogen) atoms. The summed E-state index contributed by atoms with van der Waals surface area (Å²) in [6.07, 6.45) is 3.30. The summed E-state index contributed by atoms with van der Waals surface area (Å²) in [5, 5.41) is 5.93. The lowest BCUT2D eigenvalue weighted by Gasteiger charge is -2.06. The first kappa shape index (κ1) is 11.0. The van der Waals surface area contributed by atoms with E-state index in [0.717, 1.165) is 21.0 Å². The van der Waals surface area contributed by atoms with Crippen LogP contribution in [0.5, 0.6) is 0 Å². The summed E-state index contributed by atoms with van der Waals surface area (Å²) in [7, 11) is 1.87. The summed E-state index contributed by atoms with van der Waals surface area (Å²) in [5.74, 6) is 0. The van der Waals surface area contributed by atoms with E-state index in [4.69, 9.17) is 5.73 Å². The van der Waals surface area contributed by atoms with Crippen LogP contribution >= 0.6 is 11.8 Å². The number of fused-ring (bicyclic) bond motifs is 1. The molecule has 3 rings (SSSR count). The van der Waals surface area contributed by atoms with Gasteiger partial charge in [0.25, 0.3) is 0 Å². The molecule has 0 bridgehead atoms. The normalized spacial score (nSPS) is 10.9. The molecule has 0 saturated heterocycles. The van der Waals surface area contributed by atoms with Gasteiger partial charge >= 0.3 is 0 Å². The van der Waals surface area contributed by atoms with Crippen molar-refractivity contribution in [1.82, 2.24) is 19.7 Å². The van der Waals surface area contributed by atoms with Crippen LogP contribution in [0, 0.1) is 0 Å². The minimum Gasteiger partial charge on any atom is -0.397 e. The number of para-hydroxylation sites is 1. The smallest absolute Gasteiger partial charge is 0.190 e. The summed E-state index contributed by atoms with van der Waals surface area (Å²) in [5.41, 5.74) is 7.44. The second-order valence-electron chi connectivity index (χ2n) is 3.82. The molecule has 0 aliphatic rings. The van der Waals surface area contributed by atoms with Gasteiger partial charge in [-0.05, 0) is 23.9 Å². The van der Waals surface area contributed by atoms with E-state index in [-0.39, 0.29) is 0 Å². The largest absolute Gasteiger partial charge is 0.397 e. The molecule has 0 unspecified atom stereocenters. The van der Waals surface area contributed by atoms with Crippen molar-refractivity contribution in [2.24, 2.45) is 7.05 Å². The van der Waals surface area contributed by atoms with Gasteiger partial charge in [-0.25, -0.2) is 9.67 Å². The van der Waals surface area contributed by atoms with Gasteiger partial charge < -0.3 is 5.73 Å². The Balaban J connectivity index is 2.13. The number of hydrogen-bond acceptors (Lipinski definition) is 5. The molecule has 0 aliphatic carbocycles. The molecule has 3 aromatic rings. The summed E-state index contributed by atoms with van der Waals surface area (Å²) in [6, 6.07) is 7.75. The summed E-state index contributed by atoms with van der Waals surface area (Å²) in [6.45, 7) is 0. The van der Waals surface area contributed by atoms with Crippen LogP contribution in [-0.2, 0) is 7.05 Å². The average Bonchev–Trinajstić information content (AvgIpc) is 2.77. The Bertz CT molecular complexity index is 707. The number of benzene rings is 1. The van der Waals surface area contributed by atoms with Gasteiger partial charge in [-0.3, -0.25) is 4.98 Å². The molecule has 90 valence electrons. The van der Waals surface area contributed by atoms with Crippen molar-refractivity contribution < 1.29 is 0 Å². The molecule has 0 fully saturated rings. The van der Waals surface area contributed by atoms with Crippen LogP contribution in [0.2, 0.25) is 0 Å². The highest BCUT2D eigenvalue weighted by molar-refractivity contribution is 7.99. The first-order valence-corrected chi connectivity index (χ1v) is 6.22. The third-order valence-corrected chi connectivity index (χ3v) is 3.76. The maximum Gasteiger partial charge on any atom is 0.190 e. The van der Waals surface area contributed by atoms with Crippen LogP contribution in [0.15, 0.2) is 46.8 Å². The van der Waals surface area contributed by atoms with Gasteiger partial charge in [0.05, 0.1) is 11.2 Å². The molecule has 2 aromatic heterocycles. The highest BCUT2D eigenvalue weighted by atomic mass is 32.2. The zero-order chi connectivity index (χ0) is 12.5. The number of anilines is 1. The van der Waals surface area contributed by atoms with E-state index < -0.39 is 0 Å². The Morgan fingerprint density at radius 3 is 2.89 bits per heavy atom. The van der Waals surface area contributed by atoms with E-state index in [1.807, 2.05) is 31.3 Å². The fourth-order valence-corrected chi connectivity index (χ4v) is 2.62. The fraction of sp³-hybridized carbons (Fsp3) is 0.0833. The third kappa shape index (κ3) is 1.80. The predicted molar refractivity (Wildman–Crippen MR) is 71.3 cm³/mol. The second kappa shape index (κ2) is 4.30. The van der Waals surface area contributed by atoms with Gasteiger partial charge in [-0.15, -0.1) is 0 Å². The van der Waals surface area contributed by atoms with Crippen molar-refractivity contribution in [3.05, 3.63) is 36.8 Å². The monoisotopic (exact) mass is 257 g/mol. The van der Waals surface area contributed by atoms with Crippen LogP contribution < -0.4 is 5.73 Å². The molecule has 1 aromatic carbocycles. The van der Waals surface area contributed by atoms with E-state index >= 15 is 0 Å². The average molecular weight is 257 g/mol. The quantitative estimate of drug-likeness (QED) is 0.712. The number of pyridine rings is 1. The Labute approximate surface area is 108 Å². The van der Waals surface area contributed by atoms with Crippen molar-refractivity contribution in [2.75, 3.05) is 5.73 Å². The Hall–Kier alpha value is -2.08. The number of aromatic nitrogens is 4. The molecular formula is C12H11N5S. The molecule has 0 aliphatic heterocycles. The van der Waals surface area contributed by atoms with Crippen molar-refractivity contribution >= 4 is 28.4 Å². The minimum absolute atomic E-state index is 0.688. The molecular weight excluding hydrogens is 246 g/mol. The van der Waals surface area contributed by atoms with E-state index in [0.29, 0.717) is 5.69 Å². The van der Waals surface area contributed by atoms with Crippen molar-refractivity contribution in [2.45, 2.75) is 10.1 Å². The van der Waals surface area contributed by atoms with E-state index in [9.17, 15) is 0 Å². The lowest BCUT2D eigenvalue weighted by molar-refractivity contribution is 0.685. The highest BCUT2D eigenvalue weighted by Gasteiger charge is 2.08. The molecule has 2 heterocycles. The number of nitrogens with two attached hydrogens (primary N) is 1. The summed E-state index contributed by atoms with van der Waals surface area (Å²) >= 11 is 1.55. The summed E-state index contributed by atoms with van der Waals surface area (Å²) < 4.78 is 1.74. The Kier molecular flexibility index (Phi) is 2.64. The molecule has 0 spiro atoms. The number of rotatable bonds is 2. The Morgan fingerprint density at radius 1 is 1.22 bits per heavy atom. The van der Waals surface area contributed by atoms with E-state index in [1.54, 1.807) is 29.0 Å². The van der Waals surface area contributed by atoms with Crippen molar-refractivity contribution in [3.63, 3.8) is 0 Å². The van der Waals surface area contributed by atoms with Gasteiger partial charge in [0.15, 0.2) is 5.16 Å². The number of nitrogen functional groups attached to an aromatic ring is 1. The molecule has 0 radical (unpaired) electrons. The SMILES string of the molecule is Cn1ncnc1Sc1ccnc2c(N)cccc12. The fourth-order valence-electron chi connectivity index (χ4n) is 1.74. The highest BCUT2D eigenvalue weighted by Crippen LogP contribution is 2.32. The first-order chi connectivity index (χ1) is 8.75. The minimum atomic E-state index is 0.688. The van der Waals surface area contributed by atoms with Gasteiger partial charge in [0.1, 0.15) is 6.33 Å². The lowest BCUT2D eigenvalue weighted by atomic mass is 10.2. The number of hydrogen-bond donors (Lipinski definition) is 1. The maximum absolute atomic E-state index is 5.92. The van der Waals surface area contributed by atoms with Gasteiger partial charge in [0, 0.05) is 23.5 Å². The predicted octanol–water partition coefficient (Wildman–Crippen LogP) is 2.10. The van der Waals surface area contributed by atoms with Gasteiger partial charge in [0.2, 0.25) is 0 Å². The van der Waals surface area contributed by atoms with Gasteiger partial charge in [-0.2, -0.15) is 5.10 Å². The third-order valence-electron chi connectivity index (χ3n) is 2.63. The van der Waals surface area contributed by atoms with Crippen molar-refractivity contribution in [3.8, 4) is 0 Å². The molecule has 2 N–H and O–H groups in total. The van der Waals surface area contributed by atoms with Crippen LogP contribution in [0.3, 0.4) is 0 Å². The molecule has 0 saturated carbocycles. The van der Waals surface area contributed by atoms with Crippen LogP contribution in [0.4, 0.5) is 5.69 Å². The second-order valence-corrected chi connectivity index (χ2v) is 4.83. The van der Waals surface area contributed by atoms with Crippen LogP contribution in [0.25, 0.3) is 10.9 Å². The van der Waals surface area contributed by atoms with Crippen LogP contribution in [-0.4, -0.2) is 19.7 Å². The molecule has 0 amide bonds. The van der Waals surface area contributed by atoms with E-state index in [1.165, 1.54) is 0 Å². The Morgan fingerprint density at radius 2 is 2.11 bits per heavy atom. The maximum atomic E-state index is 5.92. The van der Waals surface area contributed by atoms with Gasteiger partial charge in [-0.1, -0.05) is 12.1 Å².